The van der Waals surface area contributed by atoms with Crippen LogP contribution in [0.5, 0.6) is 5.75 Å². The number of hydrogen-bond donors (Lipinski definition) is 1. The van der Waals surface area contributed by atoms with Crippen LogP contribution in [0.4, 0.5) is 0 Å². The highest BCUT2D eigenvalue weighted by Crippen LogP contribution is 2.26. The van der Waals surface area contributed by atoms with Gasteiger partial charge in [-0.05, 0) is 35.1 Å². The molecule has 3 rings (SSSR count). The molecule has 0 aliphatic rings. The standard InChI is InChI=1S/C30H36N2O3/c1-4-19-31-30(34)27(20-24-13-7-5-8-14-24)32(21-25-15-9-6-10-16-25)29(33)22-35-28-18-12-11-17-26(28)23(2)3/h5-18,23,27H,4,19-22H2,1-3H3,(H,31,34). The lowest BCUT2D eigenvalue weighted by Crippen LogP contribution is -2.51. The summed E-state index contributed by atoms with van der Waals surface area (Å²) in [5.74, 6) is 0.598. The van der Waals surface area contributed by atoms with Crippen molar-refractivity contribution < 1.29 is 14.3 Å². The molecular weight excluding hydrogens is 436 g/mol. The van der Waals surface area contributed by atoms with Crippen LogP contribution in [-0.2, 0) is 22.6 Å². The van der Waals surface area contributed by atoms with Crippen LogP contribution in [0.2, 0.25) is 0 Å². The molecule has 1 unspecified atom stereocenters. The molecule has 0 radical (unpaired) electrons. The number of rotatable bonds is 12. The first-order valence-corrected chi connectivity index (χ1v) is 12.4. The second-order valence-corrected chi connectivity index (χ2v) is 8.98. The minimum atomic E-state index is -0.652. The SMILES string of the molecule is CCCNC(=O)C(Cc1ccccc1)N(Cc1ccccc1)C(=O)COc1ccccc1C(C)C. The smallest absolute Gasteiger partial charge is 0.261 e. The van der Waals surface area contributed by atoms with Crippen LogP contribution < -0.4 is 10.1 Å². The van der Waals surface area contributed by atoms with Crippen LogP contribution >= 0.6 is 0 Å². The second-order valence-electron chi connectivity index (χ2n) is 8.98. The zero-order valence-corrected chi connectivity index (χ0v) is 20.9. The molecule has 0 saturated carbocycles. The summed E-state index contributed by atoms with van der Waals surface area (Å²) >= 11 is 0. The molecule has 184 valence electrons. The van der Waals surface area contributed by atoms with Crippen LogP contribution in [0.3, 0.4) is 0 Å². The van der Waals surface area contributed by atoms with Gasteiger partial charge in [-0.1, -0.05) is 99.6 Å². The van der Waals surface area contributed by atoms with Crippen molar-refractivity contribution in [2.24, 2.45) is 0 Å². The Morgan fingerprint density at radius 3 is 2.09 bits per heavy atom. The fourth-order valence-corrected chi connectivity index (χ4v) is 4.01. The van der Waals surface area contributed by atoms with Gasteiger partial charge < -0.3 is 15.0 Å². The molecule has 0 aliphatic carbocycles. The van der Waals surface area contributed by atoms with E-state index in [2.05, 4.69) is 19.2 Å². The maximum absolute atomic E-state index is 13.6. The predicted molar refractivity (Wildman–Crippen MR) is 140 cm³/mol. The fraction of sp³-hybridized carbons (Fsp3) is 0.333. The van der Waals surface area contributed by atoms with Crippen LogP contribution in [0.25, 0.3) is 0 Å². The van der Waals surface area contributed by atoms with E-state index >= 15 is 0 Å². The highest BCUT2D eigenvalue weighted by atomic mass is 16.5. The number of hydrogen-bond acceptors (Lipinski definition) is 3. The lowest BCUT2D eigenvalue weighted by atomic mass is 10.0. The number of carbonyl (C=O) groups is 2. The lowest BCUT2D eigenvalue weighted by Gasteiger charge is -2.31. The average molecular weight is 473 g/mol. The van der Waals surface area contributed by atoms with E-state index in [1.54, 1.807) is 4.90 Å². The highest BCUT2D eigenvalue weighted by molar-refractivity contribution is 5.88. The lowest BCUT2D eigenvalue weighted by molar-refractivity contribution is -0.142. The average Bonchev–Trinajstić information content (AvgIpc) is 2.89. The predicted octanol–water partition coefficient (Wildman–Crippen LogP) is 5.36. The molecule has 0 aromatic heterocycles. The van der Waals surface area contributed by atoms with Gasteiger partial charge in [-0.15, -0.1) is 0 Å². The molecular formula is C30H36N2O3. The first kappa shape index (κ1) is 26.0. The molecule has 1 N–H and O–H groups in total. The molecule has 0 fully saturated rings. The van der Waals surface area contributed by atoms with E-state index in [0.717, 1.165) is 23.1 Å². The van der Waals surface area contributed by atoms with E-state index in [1.807, 2.05) is 91.9 Å². The summed E-state index contributed by atoms with van der Waals surface area (Å²) in [6.07, 6.45) is 1.25. The molecule has 0 heterocycles. The molecule has 0 spiro atoms. The summed E-state index contributed by atoms with van der Waals surface area (Å²) in [5.41, 5.74) is 3.02. The van der Waals surface area contributed by atoms with Crippen LogP contribution in [0.15, 0.2) is 84.9 Å². The Morgan fingerprint density at radius 2 is 1.46 bits per heavy atom. The van der Waals surface area contributed by atoms with Crippen molar-refractivity contribution in [1.29, 1.82) is 0 Å². The molecule has 1 atom stereocenters. The number of ether oxygens (including phenoxy) is 1. The highest BCUT2D eigenvalue weighted by Gasteiger charge is 2.30. The maximum Gasteiger partial charge on any atom is 0.261 e. The van der Waals surface area contributed by atoms with Gasteiger partial charge in [-0.25, -0.2) is 0 Å². The summed E-state index contributed by atoms with van der Waals surface area (Å²) < 4.78 is 6.02. The van der Waals surface area contributed by atoms with Gasteiger partial charge in [0.05, 0.1) is 0 Å². The summed E-state index contributed by atoms with van der Waals surface area (Å²) in [6.45, 7) is 6.96. The number of benzene rings is 3. The van der Waals surface area contributed by atoms with E-state index in [-0.39, 0.29) is 24.3 Å². The van der Waals surface area contributed by atoms with Crippen molar-refractivity contribution in [2.45, 2.75) is 52.1 Å². The third kappa shape index (κ3) is 7.71. The summed E-state index contributed by atoms with van der Waals surface area (Å²) in [6, 6.07) is 26.7. The van der Waals surface area contributed by atoms with Gasteiger partial charge in [-0.3, -0.25) is 9.59 Å². The maximum atomic E-state index is 13.6. The molecule has 5 nitrogen and oxygen atoms in total. The quantitative estimate of drug-likeness (QED) is 0.386. The van der Waals surface area contributed by atoms with Crippen molar-refractivity contribution in [3.63, 3.8) is 0 Å². The Balaban J connectivity index is 1.89. The van der Waals surface area contributed by atoms with E-state index in [9.17, 15) is 9.59 Å². The van der Waals surface area contributed by atoms with E-state index in [1.165, 1.54) is 0 Å². The Kier molecular flexibility index (Phi) is 9.91. The molecule has 2 amide bonds. The largest absolute Gasteiger partial charge is 0.483 e. The topological polar surface area (TPSA) is 58.6 Å². The van der Waals surface area contributed by atoms with Crippen LogP contribution in [0.1, 0.15) is 49.8 Å². The van der Waals surface area contributed by atoms with E-state index in [4.69, 9.17) is 4.74 Å². The Morgan fingerprint density at radius 1 is 0.857 bits per heavy atom. The first-order valence-electron chi connectivity index (χ1n) is 12.4. The zero-order chi connectivity index (χ0) is 25.0. The van der Waals surface area contributed by atoms with E-state index in [0.29, 0.717) is 25.3 Å². The van der Waals surface area contributed by atoms with Gasteiger partial charge in [0.25, 0.3) is 5.91 Å². The number of para-hydroxylation sites is 1. The zero-order valence-electron chi connectivity index (χ0n) is 20.9. The van der Waals surface area contributed by atoms with Gasteiger partial charge in [0.1, 0.15) is 11.8 Å². The minimum Gasteiger partial charge on any atom is -0.483 e. The summed E-state index contributed by atoms with van der Waals surface area (Å²) in [7, 11) is 0. The second kappa shape index (κ2) is 13.3. The molecule has 35 heavy (non-hydrogen) atoms. The molecule has 3 aromatic carbocycles. The van der Waals surface area contributed by atoms with Crippen molar-refractivity contribution in [2.75, 3.05) is 13.2 Å². The number of amides is 2. The number of nitrogens with one attached hydrogen (secondary N) is 1. The van der Waals surface area contributed by atoms with Crippen molar-refractivity contribution in [3.8, 4) is 5.75 Å². The van der Waals surface area contributed by atoms with Crippen molar-refractivity contribution in [1.82, 2.24) is 10.2 Å². The van der Waals surface area contributed by atoms with E-state index < -0.39 is 6.04 Å². The molecule has 3 aromatic rings. The molecule has 0 aliphatic heterocycles. The van der Waals surface area contributed by atoms with Gasteiger partial charge in [0.2, 0.25) is 5.91 Å². The summed E-state index contributed by atoms with van der Waals surface area (Å²) in [4.78, 5) is 28.6. The molecule has 0 saturated heterocycles. The number of carbonyl (C=O) groups excluding carboxylic acids is 2. The van der Waals surface area contributed by atoms with Crippen molar-refractivity contribution in [3.05, 3.63) is 102 Å². The van der Waals surface area contributed by atoms with Gasteiger partial charge in [-0.2, -0.15) is 0 Å². The Hall–Kier alpha value is -3.60. The Labute approximate surface area is 209 Å². The Bertz CT molecular complexity index is 1070. The minimum absolute atomic E-state index is 0.136. The third-order valence-corrected chi connectivity index (χ3v) is 5.91. The monoisotopic (exact) mass is 472 g/mol. The van der Waals surface area contributed by atoms with Crippen LogP contribution in [-0.4, -0.2) is 35.9 Å². The third-order valence-electron chi connectivity index (χ3n) is 5.91. The first-order chi connectivity index (χ1) is 17.0. The normalized spacial score (nSPS) is 11.7. The van der Waals surface area contributed by atoms with Crippen LogP contribution in [0, 0.1) is 0 Å². The number of nitrogens with zero attached hydrogens (tertiary/aromatic N) is 1. The fourth-order valence-electron chi connectivity index (χ4n) is 4.01. The van der Waals surface area contributed by atoms with Gasteiger partial charge in [0.15, 0.2) is 6.61 Å². The van der Waals surface area contributed by atoms with Gasteiger partial charge in [0, 0.05) is 19.5 Å². The van der Waals surface area contributed by atoms with Crippen molar-refractivity contribution >= 4 is 11.8 Å². The van der Waals surface area contributed by atoms with Gasteiger partial charge >= 0.3 is 0 Å². The summed E-state index contributed by atoms with van der Waals surface area (Å²) in [5, 5.41) is 3.00. The molecule has 5 heteroatoms. The molecule has 0 bridgehead atoms.